The summed E-state index contributed by atoms with van der Waals surface area (Å²) in [6.45, 7) is 7.17. The summed E-state index contributed by atoms with van der Waals surface area (Å²) in [5.74, 6) is 0.219. The quantitative estimate of drug-likeness (QED) is 0.900. The molecule has 1 aromatic rings. The molecule has 0 aromatic heterocycles. The van der Waals surface area contributed by atoms with Gasteiger partial charge in [0.1, 0.15) is 0 Å². The van der Waals surface area contributed by atoms with Crippen molar-refractivity contribution in [1.82, 2.24) is 9.80 Å². The van der Waals surface area contributed by atoms with Gasteiger partial charge in [-0.05, 0) is 56.8 Å². The molecule has 24 heavy (non-hydrogen) atoms. The molecule has 2 heterocycles. The molecule has 4 nitrogen and oxygen atoms in total. The lowest BCUT2D eigenvalue weighted by Crippen LogP contribution is -2.49. The Hall–Kier alpha value is -1.39. The van der Waals surface area contributed by atoms with E-state index >= 15 is 0 Å². The fourth-order valence-corrected chi connectivity index (χ4v) is 4.09. The molecule has 0 aliphatic carbocycles. The molecule has 132 valence electrons. The number of nitrogens with zero attached hydrogens (tertiary/aromatic N) is 2. The van der Waals surface area contributed by atoms with Gasteiger partial charge in [0.05, 0.1) is 13.0 Å². The van der Waals surface area contributed by atoms with Crippen LogP contribution >= 0.6 is 0 Å². The second-order valence-electron chi connectivity index (χ2n) is 7.63. The van der Waals surface area contributed by atoms with Gasteiger partial charge in [-0.2, -0.15) is 0 Å². The van der Waals surface area contributed by atoms with Crippen LogP contribution in [0.2, 0.25) is 0 Å². The normalized spacial score (nSPS) is 21.2. The van der Waals surface area contributed by atoms with E-state index in [1.165, 1.54) is 18.4 Å². The van der Waals surface area contributed by atoms with E-state index in [4.69, 9.17) is 0 Å². The minimum Gasteiger partial charge on any atom is -0.396 e. The Morgan fingerprint density at radius 2 is 1.79 bits per heavy atom. The summed E-state index contributed by atoms with van der Waals surface area (Å²) < 4.78 is 0. The Kier molecular flexibility index (Phi) is 5.57. The van der Waals surface area contributed by atoms with Crippen molar-refractivity contribution >= 4 is 5.91 Å². The van der Waals surface area contributed by atoms with Crippen LogP contribution in [-0.2, 0) is 11.2 Å². The lowest BCUT2D eigenvalue weighted by Gasteiger charge is -2.42. The Morgan fingerprint density at radius 1 is 1.12 bits per heavy atom. The van der Waals surface area contributed by atoms with E-state index in [0.717, 1.165) is 51.1 Å². The topological polar surface area (TPSA) is 43.8 Å². The van der Waals surface area contributed by atoms with Gasteiger partial charge in [-0.1, -0.05) is 24.3 Å². The predicted octanol–water partition coefficient (Wildman–Crippen LogP) is 2.23. The van der Waals surface area contributed by atoms with Crippen molar-refractivity contribution in [3.8, 4) is 0 Å². The third-order valence-corrected chi connectivity index (χ3v) is 5.87. The standard InChI is InChI=1S/C20H30N2O2/c1-17-6-2-3-7-18(17)14-19(24)22-12-8-20(16-23,9-13-22)15-21-10-4-5-11-21/h2-3,6-7,23H,4-5,8-16H2,1H3. The maximum atomic E-state index is 12.6. The molecule has 0 saturated carbocycles. The molecule has 3 rings (SSSR count). The van der Waals surface area contributed by atoms with Gasteiger partial charge >= 0.3 is 0 Å². The lowest BCUT2D eigenvalue weighted by molar-refractivity contribution is -0.133. The van der Waals surface area contributed by atoms with E-state index in [1.807, 2.05) is 23.1 Å². The first-order chi connectivity index (χ1) is 11.6. The van der Waals surface area contributed by atoms with E-state index in [2.05, 4.69) is 17.9 Å². The number of hydrogen-bond donors (Lipinski definition) is 1. The number of hydrogen-bond acceptors (Lipinski definition) is 3. The number of aryl methyl sites for hydroxylation is 1. The first kappa shape index (κ1) is 17.4. The number of amides is 1. The Bertz CT molecular complexity index is 559. The number of aliphatic hydroxyl groups is 1. The van der Waals surface area contributed by atoms with Gasteiger partial charge < -0.3 is 14.9 Å². The highest BCUT2D eigenvalue weighted by Gasteiger charge is 2.37. The fraction of sp³-hybridized carbons (Fsp3) is 0.650. The van der Waals surface area contributed by atoms with Crippen LogP contribution in [0.5, 0.6) is 0 Å². The van der Waals surface area contributed by atoms with Crippen molar-refractivity contribution in [3.63, 3.8) is 0 Å². The minimum atomic E-state index is -0.0101. The van der Waals surface area contributed by atoms with Crippen LogP contribution < -0.4 is 0 Å². The first-order valence-electron chi connectivity index (χ1n) is 9.27. The Morgan fingerprint density at radius 3 is 2.42 bits per heavy atom. The van der Waals surface area contributed by atoms with Gasteiger partial charge in [0.2, 0.25) is 5.91 Å². The third-order valence-electron chi connectivity index (χ3n) is 5.87. The molecule has 1 aromatic carbocycles. The summed E-state index contributed by atoms with van der Waals surface area (Å²) >= 11 is 0. The summed E-state index contributed by atoms with van der Waals surface area (Å²) in [5.41, 5.74) is 2.30. The Balaban J connectivity index is 1.55. The molecule has 0 spiro atoms. The van der Waals surface area contributed by atoms with Gasteiger partial charge in [-0.15, -0.1) is 0 Å². The number of rotatable bonds is 5. The van der Waals surface area contributed by atoms with Gasteiger partial charge in [0, 0.05) is 25.0 Å². The number of likely N-dealkylation sites (tertiary alicyclic amines) is 2. The molecule has 0 bridgehead atoms. The van der Waals surface area contributed by atoms with Crippen molar-refractivity contribution in [3.05, 3.63) is 35.4 Å². The van der Waals surface area contributed by atoms with Crippen molar-refractivity contribution < 1.29 is 9.90 Å². The molecule has 2 aliphatic heterocycles. The molecule has 1 N–H and O–H groups in total. The average Bonchev–Trinajstić information content (AvgIpc) is 3.10. The van der Waals surface area contributed by atoms with E-state index < -0.39 is 0 Å². The van der Waals surface area contributed by atoms with Crippen molar-refractivity contribution in [2.45, 2.75) is 39.0 Å². The van der Waals surface area contributed by atoms with Gasteiger partial charge in [-0.25, -0.2) is 0 Å². The molecule has 4 heteroatoms. The molecule has 2 fully saturated rings. The smallest absolute Gasteiger partial charge is 0.226 e. The molecule has 0 unspecified atom stereocenters. The monoisotopic (exact) mass is 330 g/mol. The summed E-state index contributed by atoms with van der Waals surface area (Å²) in [6.07, 6.45) is 4.88. The van der Waals surface area contributed by atoms with Crippen molar-refractivity contribution in [1.29, 1.82) is 0 Å². The van der Waals surface area contributed by atoms with Crippen LogP contribution in [-0.4, -0.2) is 60.1 Å². The number of carbonyl (C=O) groups excluding carboxylic acids is 1. The van der Waals surface area contributed by atoms with Crippen LogP contribution in [0.15, 0.2) is 24.3 Å². The van der Waals surface area contributed by atoms with E-state index in [0.29, 0.717) is 6.42 Å². The lowest BCUT2D eigenvalue weighted by atomic mass is 9.78. The van der Waals surface area contributed by atoms with E-state index in [9.17, 15) is 9.90 Å². The van der Waals surface area contributed by atoms with Crippen LogP contribution in [0, 0.1) is 12.3 Å². The van der Waals surface area contributed by atoms with Gasteiger partial charge in [0.15, 0.2) is 0 Å². The largest absolute Gasteiger partial charge is 0.396 e. The van der Waals surface area contributed by atoms with Crippen LogP contribution in [0.1, 0.15) is 36.8 Å². The number of piperidine rings is 1. The molecule has 2 aliphatic rings. The second kappa shape index (κ2) is 7.66. The second-order valence-corrected chi connectivity index (χ2v) is 7.63. The summed E-state index contributed by atoms with van der Waals surface area (Å²) in [7, 11) is 0. The number of aliphatic hydroxyl groups excluding tert-OH is 1. The van der Waals surface area contributed by atoms with Gasteiger partial charge in [-0.3, -0.25) is 4.79 Å². The van der Waals surface area contributed by atoms with Crippen LogP contribution in [0.25, 0.3) is 0 Å². The SMILES string of the molecule is Cc1ccccc1CC(=O)N1CCC(CO)(CN2CCCC2)CC1. The summed E-state index contributed by atoms with van der Waals surface area (Å²) in [5, 5.41) is 9.97. The highest BCUT2D eigenvalue weighted by atomic mass is 16.3. The zero-order valence-corrected chi connectivity index (χ0v) is 14.8. The molecular formula is C20H30N2O2. The third kappa shape index (κ3) is 3.98. The molecule has 0 radical (unpaired) electrons. The number of carbonyl (C=O) groups is 1. The molecule has 2 saturated heterocycles. The molecular weight excluding hydrogens is 300 g/mol. The number of benzene rings is 1. The minimum absolute atomic E-state index is 0.0101. The summed E-state index contributed by atoms with van der Waals surface area (Å²) in [6, 6.07) is 8.12. The van der Waals surface area contributed by atoms with E-state index in [1.54, 1.807) is 0 Å². The first-order valence-corrected chi connectivity index (χ1v) is 9.27. The highest BCUT2D eigenvalue weighted by Crippen LogP contribution is 2.33. The Labute approximate surface area is 145 Å². The van der Waals surface area contributed by atoms with Gasteiger partial charge in [0.25, 0.3) is 0 Å². The van der Waals surface area contributed by atoms with Crippen LogP contribution in [0.3, 0.4) is 0 Å². The molecule has 0 atom stereocenters. The maximum absolute atomic E-state index is 12.6. The van der Waals surface area contributed by atoms with E-state index in [-0.39, 0.29) is 17.9 Å². The zero-order chi connectivity index (χ0) is 17.0. The predicted molar refractivity (Wildman–Crippen MR) is 95.9 cm³/mol. The van der Waals surface area contributed by atoms with Crippen LogP contribution in [0.4, 0.5) is 0 Å². The summed E-state index contributed by atoms with van der Waals surface area (Å²) in [4.78, 5) is 17.1. The average molecular weight is 330 g/mol. The highest BCUT2D eigenvalue weighted by molar-refractivity contribution is 5.79. The maximum Gasteiger partial charge on any atom is 0.226 e. The molecule has 1 amide bonds. The van der Waals surface area contributed by atoms with Crippen molar-refractivity contribution in [2.24, 2.45) is 5.41 Å². The van der Waals surface area contributed by atoms with Crippen molar-refractivity contribution in [2.75, 3.05) is 39.3 Å². The fourth-order valence-electron chi connectivity index (χ4n) is 4.09. The zero-order valence-electron chi connectivity index (χ0n) is 14.8.